The van der Waals surface area contributed by atoms with Crippen molar-refractivity contribution in [2.24, 2.45) is 0 Å². The number of urea groups is 1. The Morgan fingerprint density at radius 2 is 2.04 bits per heavy atom. The normalized spacial score (nSPS) is 14.2. The van der Waals surface area contributed by atoms with Crippen molar-refractivity contribution in [1.29, 1.82) is 0 Å². The van der Waals surface area contributed by atoms with Gasteiger partial charge in [0.1, 0.15) is 5.82 Å². The largest absolute Gasteiger partial charge is 0.323 e. The van der Waals surface area contributed by atoms with Crippen LogP contribution in [0.1, 0.15) is 36.6 Å². The molecule has 2 heterocycles. The Hall–Kier alpha value is -3.03. The van der Waals surface area contributed by atoms with Crippen LogP contribution in [0.2, 0.25) is 0 Å². The molecule has 0 radical (unpaired) electrons. The zero-order chi connectivity index (χ0) is 19.0. The fourth-order valence-corrected chi connectivity index (χ4v) is 3.13. The van der Waals surface area contributed by atoms with Crippen molar-refractivity contribution in [2.75, 3.05) is 12.4 Å². The van der Waals surface area contributed by atoms with Gasteiger partial charge in [0.15, 0.2) is 17.3 Å². The maximum absolute atomic E-state index is 13.3. The van der Waals surface area contributed by atoms with E-state index >= 15 is 0 Å². The minimum Gasteiger partial charge on any atom is -0.323 e. The van der Waals surface area contributed by atoms with Gasteiger partial charge in [0.25, 0.3) is 0 Å². The molecule has 140 valence electrons. The minimum absolute atomic E-state index is 0.158. The molecule has 3 aromatic rings. The minimum atomic E-state index is -0.928. The van der Waals surface area contributed by atoms with Crippen molar-refractivity contribution in [3.8, 4) is 0 Å². The average Bonchev–Trinajstić information content (AvgIpc) is 3.00. The van der Waals surface area contributed by atoms with Gasteiger partial charge in [-0.3, -0.25) is 4.40 Å². The van der Waals surface area contributed by atoms with Crippen LogP contribution >= 0.6 is 0 Å². The number of aromatic nitrogens is 3. The van der Waals surface area contributed by atoms with Crippen LogP contribution in [0.15, 0.2) is 36.5 Å². The van der Waals surface area contributed by atoms with Gasteiger partial charge in [0, 0.05) is 25.7 Å². The number of anilines is 1. The summed E-state index contributed by atoms with van der Waals surface area (Å²) in [6.45, 7) is 0.158. The zero-order valence-corrected chi connectivity index (χ0v) is 14.8. The Labute approximate surface area is 154 Å². The third kappa shape index (κ3) is 3.47. The van der Waals surface area contributed by atoms with Crippen LogP contribution in [-0.4, -0.2) is 32.6 Å². The summed E-state index contributed by atoms with van der Waals surface area (Å²) in [4.78, 5) is 13.8. The van der Waals surface area contributed by atoms with Gasteiger partial charge < -0.3 is 10.2 Å². The first-order chi connectivity index (χ1) is 13.0. The third-order valence-electron chi connectivity index (χ3n) is 4.90. The van der Waals surface area contributed by atoms with Gasteiger partial charge in [-0.2, -0.15) is 0 Å². The van der Waals surface area contributed by atoms with Gasteiger partial charge in [-0.25, -0.2) is 13.6 Å². The van der Waals surface area contributed by atoms with Gasteiger partial charge in [0.05, 0.1) is 5.69 Å². The Morgan fingerprint density at radius 1 is 1.22 bits per heavy atom. The van der Waals surface area contributed by atoms with Crippen LogP contribution in [-0.2, 0) is 6.54 Å². The van der Waals surface area contributed by atoms with E-state index in [1.807, 2.05) is 10.6 Å². The van der Waals surface area contributed by atoms with Gasteiger partial charge >= 0.3 is 6.03 Å². The zero-order valence-electron chi connectivity index (χ0n) is 14.8. The molecule has 1 saturated carbocycles. The number of carbonyl (C=O) groups excluding carboxylic acids is 1. The van der Waals surface area contributed by atoms with Crippen LogP contribution in [0.25, 0.3) is 5.65 Å². The summed E-state index contributed by atoms with van der Waals surface area (Å²) >= 11 is 0. The summed E-state index contributed by atoms with van der Waals surface area (Å²) in [6.07, 6.45) is 5.22. The van der Waals surface area contributed by atoms with Crippen molar-refractivity contribution in [2.45, 2.75) is 31.7 Å². The van der Waals surface area contributed by atoms with Gasteiger partial charge in [-0.05, 0) is 42.7 Å². The number of rotatable bonds is 4. The summed E-state index contributed by atoms with van der Waals surface area (Å²) in [6, 6.07) is 6.82. The predicted molar refractivity (Wildman–Crippen MR) is 96.4 cm³/mol. The van der Waals surface area contributed by atoms with Crippen LogP contribution in [0, 0.1) is 11.6 Å². The highest BCUT2D eigenvalue weighted by Crippen LogP contribution is 2.35. The van der Waals surface area contributed by atoms with Crippen molar-refractivity contribution < 1.29 is 13.6 Å². The summed E-state index contributed by atoms with van der Waals surface area (Å²) in [5, 5.41) is 11.3. The molecule has 2 amide bonds. The standard InChI is InChI=1S/C19H19F2N5O/c1-25(10-12-5-7-15(20)16(21)9-12)19(27)22-14-6-8-17-23-24-18(26(17)11-14)13-3-2-4-13/h5-9,11,13H,2-4,10H2,1H3,(H,22,27). The highest BCUT2D eigenvalue weighted by Gasteiger charge is 2.24. The molecule has 6 nitrogen and oxygen atoms in total. The van der Waals surface area contributed by atoms with E-state index in [9.17, 15) is 13.6 Å². The molecule has 27 heavy (non-hydrogen) atoms. The van der Waals surface area contributed by atoms with E-state index in [1.54, 1.807) is 19.2 Å². The van der Waals surface area contributed by atoms with Crippen molar-refractivity contribution in [3.05, 3.63) is 59.6 Å². The lowest BCUT2D eigenvalue weighted by Gasteiger charge is -2.23. The maximum Gasteiger partial charge on any atom is 0.321 e. The molecule has 4 rings (SSSR count). The number of fused-ring (bicyclic) bond motifs is 1. The van der Waals surface area contributed by atoms with Crippen molar-refractivity contribution >= 4 is 17.4 Å². The van der Waals surface area contributed by atoms with E-state index in [1.165, 1.54) is 17.4 Å². The van der Waals surface area contributed by atoms with Crippen LogP contribution < -0.4 is 5.32 Å². The molecule has 0 unspecified atom stereocenters. The molecule has 1 aliphatic carbocycles. The van der Waals surface area contributed by atoms with Gasteiger partial charge in [-0.15, -0.1) is 10.2 Å². The molecule has 0 spiro atoms. The molecule has 2 aromatic heterocycles. The molecule has 1 aromatic carbocycles. The second kappa shape index (κ2) is 6.94. The number of pyridine rings is 1. The molecular formula is C19H19F2N5O. The number of nitrogens with zero attached hydrogens (tertiary/aromatic N) is 4. The van der Waals surface area contributed by atoms with Crippen LogP contribution in [0.3, 0.4) is 0 Å². The van der Waals surface area contributed by atoms with Gasteiger partial charge in [-0.1, -0.05) is 12.5 Å². The topological polar surface area (TPSA) is 62.5 Å². The highest BCUT2D eigenvalue weighted by atomic mass is 19.2. The van der Waals surface area contributed by atoms with Crippen molar-refractivity contribution in [3.63, 3.8) is 0 Å². The number of benzene rings is 1. The second-order valence-electron chi connectivity index (χ2n) is 6.87. The molecule has 1 fully saturated rings. The number of nitrogens with one attached hydrogen (secondary N) is 1. The van der Waals surface area contributed by atoms with Gasteiger partial charge in [0.2, 0.25) is 0 Å². The quantitative estimate of drug-likeness (QED) is 0.756. The summed E-state index contributed by atoms with van der Waals surface area (Å²) < 4.78 is 28.3. The first-order valence-electron chi connectivity index (χ1n) is 8.82. The molecule has 0 aliphatic heterocycles. The fourth-order valence-electron chi connectivity index (χ4n) is 3.13. The molecule has 1 N–H and O–H groups in total. The molecule has 0 saturated heterocycles. The molecule has 1 aliphatic rings. The molecule has 0 bridgehead atoms. The first kappa shape index (κ1) is 17.4. The van der Waals surface area contributed by atoms with Crippen LogP contribution in [0.5, 0.6) is 0 Å². The first-order valence-corrected chi connectivity index (χ1v) is 8.82. The number of hydrogen-bond acceptors (Lipinski definition) is 3. The Kier molecular flexibility index (Phi) is 4.47. The van der Waals surface area contributed by atoms with E-state index in [4.69, 9.17) is 0 Å². The fraction of sp³-hybridized carbons (Fsp3) is 0.316. The molecule has 8 heteroatoms. The summed E-state index contributed by atoms with van der Waals surface area (Å²) in [5.74, 6) is -0.497. The summed E-state index contributed by atoms with van der Waals surface area (Å²) in [7, 11) is 1.59. The Balaban J connectivity index is 1.47. The monoisotopic (exact) mass is 371 g/mol. The lowest BCUT2D eigenvalue weighted by molar-refractivity contribution is 0.220. The highest BCUT2D eigenvalue weighted by molar-refractivity contribution is 5.89. The summed E-state index contributed by atoms with van der Waals surface area (Å²) in [5.41, 5.74) is 1.86. The Morgan fingerprint density at radius 3 is 2.74 bits per heavy atom. The number of carbonyl (C=O) groups is 1. The lowest BCUT2D eigenvalue weighted by Crippen LogP contribution is -2.31. The lowest BCUT2D eigenvalue weighted by atomic mass is 9.85. The van der Waals surface area contributed by atoms with Crippen molar-refractivity contribution in [1.82, 2.24) is 19.5 Å². The van der Waals surface area contributed by atoms with E-state index in [0.717, 1.165) is 36.4 Å². The number of halogens is 2. The number of hydrogen-bond donors (Lipinski definition) is 1. The van der Waals surface area contributed by atoms with Crippen LogP contribution in [0.4, 0.5) is 19.3 Å². The van der Waals surface area contributed by atoms with E-state index in [0.29, 0.717) is 17.2 Å². The SMILES string of the molecule is CN(Cc1ccc(F)c(F)c1)C(=O)Nc1ccc2nnc(C3CCC3)n2c1. The van der Waals surface area contributed by atoms with E-state index in [2.05, 4.69) is 15.5 Å². The average molecular weight is 371 g/mol. The maximum atomic E-state index is 13.3. The van der Waals surface area contributed by atoms with E-state index < -0.39 is 11.6 Å². The second-order valence-corrected chi connectivity index (χ2v) is 6.87. The third-order valence-corrected chi connectivity index (χ3v) is 4.90. The predicted octanol–water partition coefficient (Wildman–Crippen LogP) is 3.94. The Bertz CT molecular complexity index is 999. The van der Waals surface area contributed by atoms with E-state index in [-0.39, 0.29) is 12.6 Å². The molecular weight excluding hydrogens is 352 g/mol. The number of amides is 2. The smallest absolute Gasteiger partial charge is 0.321 e. The molecule has 0 atom stereocenters.